The Hall–Kier alpha value is -1.37. The normalized spacial score (nSPS) is 23.6. The Balaban J connectivity index is 2.02. The van der Waals surface area contributed by atoms with Crippen molar-refractivity contribution in [2.75, 3.05) is 34.4 Å². The number of nitrogens with two attached hydrogens (primary N) is 1. The molecular weight excluding hydrogens is 250 g/mol. The van der Waals surface area contributed by atoms with Gasteiger partial charge in [-0.15, -0.1) is 0 Å². The number of hydrogen-bond acceptors (Lipinski definition) is 6. The Bertz CT molecular complexity index is 429. The topological polar surface area (TPSA) is 92.9 Å². The third-order valence-corrected chi connectivity index (χ3v) is 4.22. The monoisotopic (exact) mass is 269 g/mol. The highest BCUT2D eigenvalue weighted by atomic mass is 32.2. The van der Waals surface area contributed by atoms with Crippen molar-refractivity contribution in [2.24, 2.45) is 0 Å². The van der Waals surface area contributed by atoms with Gasteiger partial charge >= 0.3 is 0 Å². The lowest BCUT2D eigenvalue weighted by atomic mass is 10.1. The molecule has 0 aliphatic carbocycles. The van der Waals surface area contributed by atoms with Crippen LogP contribution in [0.5, 0.6) is 0 Å². The standard InChI is InChI=1S/C11H19N5OS/c1-2-13-9-7-10(16-11(12)15-9)14-8-3-5-18(17)6-4-8/h7-8H,2-6H2,1H3,(H4,12,13,14,15,16). The van der Waals surface area contributed by atoms with Crippen LogP contribution < -0.4 is 16.4 Å². The zero-order chi connectivity index (χ0) is 13.0. The Morgan fingerprint density at radius 2 is 2.06 bits per heavy atom. The minimum absolute atomic E-state index is 0.260. The summed E-state index contributed by atoms with van der Waals surface area (Å²) >= 11 is 0. The minimum atomic E-state index is -0.641. The fourth-order valence-electron chi connectivity index (χ4n) is 1.96. The van der Waals surface area contributed by atoms with E-state index in [9.17, 15) is 4.21 Å². The molecule has 18 heavy (non-hydrogen) atoms. The summed E-state index contributed by atoms with van der Waals surface area (Å²) < 4.78 is 11.3. The molecule has 0 spiro atoms. The third-order valence-electron chi connectivity index (χ3n) is 2.84. The first-order valence-corrected chi connectivity index (χ1v) is 7.66. The summed E-state index contributed by atoms with van der Waals surface area (Å²) in [5.74, 6) is 3.25. The summed E-state index contributed by atoms with van der Waals surface area (Å²) in [5.41, 5.74) is 5.67. The number of rotatable bonds is 4. The minimum Gasteiger partial charge on any atom is -0.370 e. The Kier molecular flexibility index (Phi) is 4.35. The number of hydrogen-bond donors (Lipinski definition) is 3. The van der Waals surface area contributed by atoms with Gasteiger partial charge in [0.05, 0.1) is 0 Å². The summed E-state index contributed by atoms with van der Waals surface area (Å²) in [6.45, 7) is 2.79. The third kappa shape index (κ3) is 3.56. The van der Waals surface area contributed by atoms with Crippen molar-refractivity contribution in [1.29, 1.82) is 0 Å². The average Bonchev–Trinajstić information content (AvgIpc) is 2.32. The maximum atomic E-state index is 11.3. The largest absolute Gasteiger partial charge is 0.370 e. The highest BCUT2D eigenvalue weighted by Gasteiger charge is 2.18. The molecule has 0 bridgehead atoms. The lowest BCUT2D eigenvalue weighted by Gasteiger charge is -2.23. The molecule has 2 heterocycles. The molecular formula is C11H19N5OS. The van der Waals surface area contributed by atoms with Gasteiger partial charge in [0.1, 0.15) is 11.6 Å². The molecule has 0 amide bonds. The maximum absolute atomic E-state index is 11.3. The van der Waals surface area contributed by atoms with Crippen LogP contribution in [-0.4, -0.2) is 38.3 Å². The quantitative estimate of drug-likeness (QED) is 0.749. The zero-order valence-corrected chi connectivity index (χ0v) is 11.3. The zero-order valence-electron chi connectivity index (χ0n) is 10.5. The first kappa shape index (κ1) is 13.1. The average molecular weight is 269 g/mol. The molecule has 100 valence electrons. The summed E-state index contributed by atoms with van der Waals surface area (Å²) in [6, 6.07) is 2.18. The summed E-state index contributed by atoms with van der Waals surface area (Å²) in [7, 11) is -0.641. The van der Waals surface area contributed by atoms with E-state index in [2.05, 4.69) is 20.6 Å². The number of nitrogens with zero attached hydrogens (tertiary/aromatic N) is 2. The van der Waals surface area contributed by atoms with Gasteiger partial charge < -0.3 is 16.4 Å². The van der Waals surface area contributed by atoms with Crippen LogP contribution in [0.15, 0.2) is 6.07 Å². The van der Waals surface area contributed by atoms with Crippen LogP contribution in [0.2, 0.25) is 0 Å². The van der Waals surface area contributed by atoms with Crippen LogP contribution >= 0.6 is 0 Å². The van der Waals surface area contributed by atoms with E-state index in [1.807, 2.05) is 13.0 Å². The van der Waals surface area contributed by atoms with Crippen molar-refractivity contribution in [3.05, 3.63) is 6.07 Å². The van der Waals surface area contributed by atoms with Crippen LogP contribution in [-0.2, 0) is 10.8 Å². The van der Waals surface area contributed by atoms with Crippen LogP contribution in [0.4, 0.5) is 17.6 Å². The Morgan fingerprint density at radius 1 is 1.39 bits per heavy atom. The van der Waals surface area contributed by atoms with E-state index in [4.69, 9.17) is 5.73 Å². The molecule has 1 aromatic rings. The van der Waals surface area contributed by atoms with Crippen molar-refractivity contribution in [2.45, 2.75) is 25.8 Å². The molecule has 0 atom stereocenters. The van der Waals surface area contributed by atoms with E-state index in [1.54, 1.807) is 0 Å². The van der Waals surface area contributed by atoms with Crippen molar-refractivity contribution >= 4 is 28.4 Å². The highest BCUT2D eigenvalue weighted by molar-refractivity contribution is 7.85. The number of nitrogen functional groups attached to an aromatic ring is 1. The van der Waals surface area contributed by atoms with Gasteiger partial charge in [0, 0.05) is 41.0 Å². The molecule has 1 saturated heterocycles. The maximum Gasteiger partial charge on any atom is 0.223 e. The van der Waals surface area contributed by atoms with Gasteiger partial charge in [-0.05, 0) is 19.8 Å². The fourth-order valence-corrected chi connectivity index (χ4v) is 3.26. The second kappa shape index (κ2) is 5.99. The van der Waals surface area contributed by atoms with Crippen molar-refractivity contribution in [3.63, 3.8) is 0 Å². The molecule has 1 aromatic heterocycles. The molecule has 1 aliphatic rings. The van der Waals surface area contributed by atoms with Gasteiger partial charge in [0.2, 0.25) is 5.95 Å². The Morgan fingerprint density at radius 3 is 2.72 bits per heavy atom. The Labute approximate surface area is 109 Å². The predicted octanol–water partition coefficient (Wildman–Crippen LogP) is 0.814. The van der Waals surface area contributed by atoms with Gasteiger partial charge in [-0.3, -0.25) is 4.21 Å². The molecule has 1 aliphatic heterocycles. The van der Waals surface area contributed by atoms with Crippen LogP contribution in [0.25, 0.3) is 0 Å². The number of nitrogens with one attached hydrogen (secondary N) is 2. The molecule has 0 unspecified atom stereocenters. The number of anilines is 3. The van der Waals surface area contributed by atoms with Crippen LogP contribution in [0, 0.1) is 0 Å². The first-order valence-electron chi connectivity index (χ1n) is 6.17. The summed E-state index contributed by atoms with van der Waals surface area (Å²) in [4.78, 5) is 8.26. The molecule has 0 saturated carbocycles. The number of aromatic nitrogens is 2. The second-order valence-corrected chi connectivity index (χ2v) is 5.99. The van der Waals surface area contributed by atoms with Gasteiger partial charge in [-0.25, -0.2) is 0 Å². The molecule has 4 N–H and O–H groups in total. The van der Waals surface area contributed by atoms with E-state index in [-0.39, 0.29) is 5.95 Å². The van der Waals surface area contributed by atoms with Gasteiger partial charge in [0.15, 0.2) is 0 Å². The smallest absolute Gasteiger partial charge is 0.223 e. The van der Waals surface area contributed by atoms with E-state index in [1.165, 1.54) is 0 Å². The van der Waals surface area contributed by atoms with Gasteiger partial charge in [0.25, 0.3) is 0 Å². The highest BCUT2D eigenvalue weighted by Crippen LogP contribution is 2.17. The predicted molar refractivity (Wildman–Crippen MR) is 75.1 cm³/mol. The second-order valence-electron chi connectivity index (χ2n) is 4.29. The lowest BCUT2D eigenvalue weighted by molar-refractivity contribution is 0.622. The van der Waals surface area contributed by atoms with E-state index in [0.717, 1.165) is 42.5 Å². The fraction of sp³-hybridized carbons (Fsp3) is 0.636. The van der Waals surface area contributed by atoms with E-state index in [0.29, 0.717) is 6.04 Å². The van der Waals surface area contributed by atoms with Crippen molar-refractivity contribution in [1.82, 2.24) is 9.97 Å². The molecule has 6 nitrogen and oxygen atoms in total. The van der Waals surface area contributed by atoms with Crippen molar-refractivity contribution < 1.29 is 4.21 Å². The lowest BCUT2D eigenvalue weighted by Crippen LogP contribution is -2.29. The van der Waals surface area contributed by atoms with Gasteiger partial charge in [-0.2, -0.15) is 9.97 Å². The van der Waals surface area contributed by atoms with Crippen LogP contribution in [0.1, 0.15) is 19.8 Å². The van der Waals surface area contributed by atoms with E-state index < -0.39 is 10.8 Å². The van der Waals surface area contributed by atoms with Crippen LogP contribution in [0.3, 0.4) is 0 Å². The molecule has 0 aromatic carbocycles. The molecule has 0 radical (unpaired) electrons. The SMILES string of the molecule is CCNc1cc(NC2CCS(=O)CC2)nc(N)n1. The first-order chi connectivity index (χ1) is 8.67. The van der Waals surface area contributed by atoms with E-state index >= 15 is 0 Å². The van der Waals surface area contributed by atoms with Crippen molar-refractivity contribution in [3.8, 4) is 0 Å². The molecule has 7 heteroatoms. The molecule has 1 fully saturated rings. The summed E-state index contributed by atoms with van der Waals surface area (Å²) in [5, 5.41) is 6.45. The molecule has 2 rings (SSSR count). The summed E-state index contributed by atoms with van der Waals surface area (Å²) in [6.07, 6.45) is 1.82. The van der Waals surface area contributed by atoms with Gasteiger partial charge in [-0.1, -0.05) is 0 Å².